The van der Waals surface area contributed by atoms with Crippen LogP contribution in [0.3, 0.4) is 0 Å². The topological polar surface area (TPSA) is 113 Å². The summed E-state index contributed by atoms with van der Waals surface area (Å²) in [6, 6.07) is 4.15. The Hall–Kier alpha value is -2.53. The molecule has 1 aromatic carbocycles. The van der Waals surface area contributed by atoms with E-state index in [2.05, 4.69) is 9.46 Å². The molecule has 146 valence electrons. The first-order chi connectivity index (χ1) is 12.8. The van der Waals surface area contributed by atoms with Crippen molar-refractivity contribution in [2.75, 3.05) is 26.2 Å². The highest BCUT2D eigenvalue weighted by Crippen LogP contribution is 2.21. The maximum atomic E-state index is 13.2. The molecule has 0 aliphatic carbocycles. The van der Waals surface area contributed by atoms with Crippen LogP contribution < -0.4 is 4.72 Å². The number of imide groups is 1. The lowest BCUT2D eigenvalue weighted by molar-refractivity contribution is -0.132. The van der Waals surface area contributed by atoms with Crippen molar-refractivity contribution in [2.24, 2.45) is 0 Å². The molecule has 1 aromatic rings. The Bertz CT molecular complexity index is 851. The maximum absolute atomic E-state index is 13.2. The Labute approximate surface area is 155 Å². The number of rotatable bonds is 5. The first-order valence-corrected chi connectivity index (χ1v) is 9.78. The van der Waals surface area contributed by atoms with Gasteiger partial charge in [0.15, 0.2) is 6.61 Å². The molecule has 2 heterocycles. The van der Waals surface area contributed by atoms with Gasteiger partial charge in [-0.05, 0) is 31.0 Å². The monoisotopic (exact) mass is 399 g/mol. The van der Waals surface area contributed by atoms with E-state index in [-0.39, 0.29) is 30.6 Å². The average Bonchev–Trinajstić information content (AvgIpc) is 2.98. The molecule has 3 rings (SSSR count). The quantitative estimate of drug-likeness (QED) is 0.750. The van der Waals surface area contributed by atoms with Crippen LogP contribution in [0.1, 0.15) is 12.8 Å². The van der Waals surface area contributed by atoms with Gasteiger partial charge in [0.25, 0.3) is 5.91 Å². The Balaban J connectivity index is 1.52. The van der Waals surface area contributed by atoms with E-state index in [1.807, 2.05) is 0 Å². The molecule has 1 N–H and O–H groups in total. The molecule has 2 fully saturated rings. The van der Waals surface area contributed by atoms with Gasteiger partial charge in [-0.25, -0.2) is 27.2 Å². The Morgan fingerprint density at radius 3 is 2.56 bits per heavy atom. The summed E-state index contributed by atoms with van der Waals surface area (Å²) in [5.74, 6) is -1.53. The largest absolute Gasteiger partial charge is 0.439 e. The van der Waals surface area contributed by atoms with Crippen molar-refractivity contribution in [1.82, 2.24) is 14.5 Å². The molecule has 9 nitrogen and oxygen atoms in total. The van der Waals surface area contributed by atoms with E-state index in [0.29, 0.717) is 12.8 Å². The molecule has 3 amide bonds. The molecule has 0 atom stereocenters. The number of piperidine rings is 1. The number of ether oxygens (including phenoxy) is 1. The number of carbonyl (C=O) groups excluding carboxylic acids is 3. The number of cyclic esters (lactones) is 1. The van der Waals surface area contributed by atoms with E-state index >= 15 is 0 Å². The van der Waals surface area contributed by atoms with E-state index in [9.17, 15) is 27.2 Å². The number of sulfonamides is 1. The molecule has 27 heavy (non-hydrogen) atoms. The minimum atomic E-state index is -4.01. The molecule has 0 radical (unpaired) electrons. The Morgan fingerprint density at radius 2 is 1.96 bits per heavy atom. The molecule has 2 aliphatic heterocycles. The second kappa shape index (κ2) is 7.61. The molecular formula is C16H18FN3O6S. The van der Waals surface area contributed by atoms with Gasteiger partial charge in [-0.15, -0.1) is 0 Å². The van der Waals surface area contributed by atoms with Gasteiger partial charge < -0.3 is 9.64 Å². The summed E-state index contributed by atoms with van der Waals surface area (Å²) in [5.41, 5.74) is 0. The van der Waals surface area contributed by atoms with Crippen LogP contribution in [0, 0.1) is 5.82 Å². The highest BCUT2D eigenvalue weighted by molar-refractivity contribution is 7.89. The summed E-state index contributed by atoms with van der Waals surface area (Å²) in [4.78, 5) is 37.8. The normalized spacial score (nSPS) is 18.7. The van der Waals surface area contributed by atoms with Crippen molar-refractivity contribution in [3.63, 3.8) is 0 Å². The smallest absolute Gasteiger partial charge is 0.417 e. The summed E-state index contributed by atoms with van der Waals surface area (Å²) in [5, 5.41) is 0. The number of amides is 3. The average molecular weight is 399 g/mol. The van der Waals surface area contributed by atoms with E-state index in [1.54, 1.807) is 0 Å². The lowest BCUT2D eigenvalue weighted by Gasteiger charge is -2.34. The lowest BCUT2D eigenvalue weighted by atomic mass is 10.0. The van der Waals surface area contributed by atoms with Gasteiger partial charge >= 0.3 is 6.09 Å². The van der Waals surface area contributed by atoms with E-state index in [4.69, 9.17) is 0 Å². The molecule has 0 aromatic heterocycles. The second-order valence-electron chi connectivity index (χ2n) is 6.21. The predicted molar refractivity (Wildman–Crippen MR) is 89.4 cm³/mol. The van der Waals surface area contributed by atoms with Crippen molar-refractivity contribution >= 4 is 27.9 Å². The van der Waals surface area contributed by atoms with Gasteiger partial charge in [0.1, 0.15) is 5.82 Å². The number of carbonyl (C=O) groups is 3. The summed E-state index contributed by atoms with van der Waals surface area (Å²) in [6.45, 7) is -0.168. The van der Waals surface area contributed by atoms with Crippen LogP contribution in [0.15, 0.2) is 29.2 Å². The molecule has 2 saturated heterocycles. The summed E-state index contributed by atoms with van der Waals surface area (Å²) < 4.78 is 44.3. The van der Waals surface area contributed by atoms with Gasteiger partial charge in [-0.3, -0.25) is 9.59 Å². The minimum Gasteiger partial charge on any atom is -0.439 e. The molecule has 11 heteroatoms. The molecular weight excluding hydrogens is 381 g/mol. The van der Waals surface area contributed by atoms with Crippen LogP contribution in [0.4, 0.5) is 9.18 Å². The van der Waals surface area contributed by atoms with Gasteiger partial charge in [0.2, 0.25) is 15.9 Å². The highest BCUT2D eigenvalue weighted by Gasteiger charge is 2.39. The third-order valence-corrected chi connectivity index (χ3v) is 5.89. The van der Waals surface area contributed by atoms with Gasteiger partial charge in [0.05, 0.1) is 11.4 Å². The standard InChI is InChI=1S/C16H18FN3O6S/c17-11-2-1-3-13(8-11)27(24,25)18-9-14(21)19-6-4-12(5-7-19)20-15(22)10-26-16(20)23/h1-3,8,12,18H,4-7,9-10H2. The number of nitrogens with one attached hydrogen (secondary N) is 1. The van der Waals surface area contributed by atoms with Crippen LogP contribution in [-0.4, -0.2) is 68.4 Å². The molecule has 0 bridgehead atoms. The van der Waals surface area contributed by atoms with Crippen LogP contribution in [0.2, 0.25) is 0 Å². The fourth-order valence-corrected chi connectivity index (χ4v) is 4.08. The highest BCUT2D eigenvalue weighted by atomic mass is 32.2. The molecule has 2 aliphatic rings. The van der Waals surface area contributed by atoms with E-state index < -0.39 is 40.3 Å². The van der Waals surface area contributed by atoms with Crippen molar-refractivity contribution in [2.45, 2.75) is 23.8 Å². The summed E-state index contributed by atoms with van der Waals surface area (Å²) >= 11 is 0. The zero-order chi connectivity index (χ0) is 19.6. The number of hydrogen-bond acceptors (Lipinski definition) is 6. The van der Waals surface area contributed by atoms with Crippen molar-refractivity contribution in [3.05, 3.63) is 30.1 Å². The second-order valence-corrected chi connectivity index (χ2v) is 7.98. The first kappa shape index (κ1) is 19.2. The molecule has 0 saturated carbocycles. The fraction of sp³-hybridized carbons (Fsp3) is 0.438. The van der Waals surface area contributed by atoms with Crippen LogP contribution in [0.25, 0.3) is 0 Å². The lowest BCUT2D eigenvalue weighted by Crippen LogP contribution is -2.50. The van der Waals surface area contributed by atoms with Gasteiger partial charge in [0, 0.05) is 19.1 Å². The zero-order valence-corrected chi connectivity index (χ0v) is 15.1. The van der Waals surface area contributed by atoms with Crippen molar-refractivity contribution in [1.29, 1.82) is 0 Å². The first-order valence-electron chi connectivity index (χ1n) is 8.30. The number of hydrogen-bond donors (Lipinski definition) is 1. The van der Waals surface area contributed by atoms with Gasteiger partial charge in [-0.1, -0.05) is 6.07 Å². The van der Waals surface area contributed by atoms with E-state index in [1.165, 1.54) is 17.0 Å². The number of likely N-dealkylation sites (tertiary alicyclic amines) is 1. The molecule has 0 unspecified atom stereocenters. The number of nitrogens with zero attached hydrogens (tertiary/aromatic N) is 2. The predicted octanol–water partition coefficient (Wildman–Crippen LogP) is 0.0738. The van der Waals surface area contributed by atoms with Crippen molar-refractivity contribution < 1.29 is 31.9 Å². The third kappa shape index (κ3) is 4.25. The fourth-order valence-electron chi connectivity index (χ4n) is 3.08. The zero-order valence-electron chi connectivity index (χ0n) is 14.3. The number of benzene rings is 1. The van der Waals surface area contributed by atoms with Crippen LogP contribution in [-0.2, 0) is 24.3 Å². The summed E-state index contributed by atoms with van der Waals surface area (Å²) in [6.07, 6.45) is 0.111. The van der Waals surface area contributed by atoms with Crippen molar-refractivity contribution in [3.8, 4) is 0 Å². The molecule has 0 spiro atoms. The minimum absolute atomic E-state index is 0.264. The maximum Gasteiger partial charge on any atom is 0.417 e. The Kier molecular flexibility index (Phi) is 5.42. The van der Waals surface area contributed by atoms with E-state index in [0.717, 1.165) is 17.0 Å². The number of halogens is 1. The van der Waals surface area contributed by atoms with Gasteiger partial charge in [-0.2, -0.15) is 0 Å². The SMILES string of the molecule is O=C(CNS(=O)(=O)c1cccc(F)c1)N1CCC(N2C(=O)COC2=O)CC1. The Morgan fingerprint density at radius 1 is 1.26 bits per heavy atom. The van der Waals surface area contributed by atoms with Crippen LogP contribution in [0.5, 0.6) is 0 Å². The third-order valence-electron chi connectivity index (χ3n) is 4.49. The van der Waals surface area contributed by atoms with Crippen LogP contribution >= 0.6 is 0 Å². The summed E-state index contributed by atoms with van der Waals surface area (Å²) in [7, 11) is -4.01.